The SMILES string of the molecule is COC(=O)c1ccc(NC(C)C)c(C)c1. The number of nitrogens with one attached hydrogen (secondary N) is 1. The molecule has 1 aromatic rings. The highest BCUT2D eigenvalue weighted by molar-refractivity contribution is 5.90. The van der Waals surface area contributed by atoms with Crippen molar-refractivity contribution >= 4 is 11.7 Å². The minimum Gasteiger partial charge on any atom is -0.465 e. The van der Waals surface area contributed by atoms with Gasteiger partial charge in [0.05, 0.1) is 12.7 Å². The van der Waals surface area contributed by atoms with E-state index < -0.39 is 0 Å². The van der Waals surface area contributed by atoms with Crippen molar-refractivity contribution in [3.63, 3.8) is 0 Å². The zero-order valence-corrected chi connectivity index (χ0v) is 9.63. The molecule has 0 spiro atoms. The summed E-state index contributed by atoms with van der Waals surface area (Å²) in [5.41, 5.74) is 2.69. The maximum Gasteiger partial charge on any atom is 0.337 e. The summed E-state index contributed by atoms with van der Waals surface area (Å²) in [4.78, 5) is 11.3. The van der Waals surface area contributed by atoms with Crippen LogP contribution in [0.2, 0.25) is 0 Å². The normalized spacial score (nSPS) is 10.2. The van der Waals surface area contributed by atoms with E-state index in [9.17, 15) is 4.79 Å². The third-order valence-corrected chi connectivity index (χ3v) is 2.09. The molecule has 82 valence electrons. The monoisotopic (exact) mass is 207 g/mol. The lowest BCUT2D eigenvalue weighted by atomic mass is 10.1. The number of ether oxygens (including phenoxy) is 1. The van der Waals surface area contributed by atoms with Crippen molar-refractivity contribution in [2.45, 2.75) is 26.8 Å². The zero-order chi connectivity index (χ0) is 11.4. The molecule has 0 heterocycles. The Morgan fingerprint density at radius 1 is 1.40 bits per heavy atom. The molecule has 0 aliphatic heterocycles. The molecule has 15 heavy (non-hydrogen) atoms. The molecule has 0 aromatic heterocycles. The Balaban J connectivity index is 2.93. The van der Waals surface area contributed by atoms with Gasteiger partial charge in [-0.3, -0.25) is 0 Å². The van der Waals surface area contributed by atoms with Crippen molar-refractivity contribution in [3.05, 3.63) is 29.3 Å². The van der Waals surface area contributed by atoms with Gasteiger partial charge in [0, 0.05) is 11.7 Å². The van der Waals surface area contributed by atoms with Crippen LogP contribution in [-0.4, -0.2) is 19.1 Å². The number of esters is 1. The van der Waals surface area contributed by atoms with Crippen LogP contribution in [0.4, 0.5) is 5.69 Å². The van der Waals surface area contributed by atoms with Gasteiger partial charge in [-0.2, -0.15) is 0 Å². The van der Waals surface area contributed by atoms with Gasteiger partial charge >= 0.3 is 5.97 Å². The number of hydrogen-bond acceptors (Lipinski definition) is 3. The summed E-state index contributed by atoms with van der Waals surface area (Å²) in [6, 6.07) is 5.88. The molecule has 0 saturated carbocycles. The molecule has 3 heteroatoms. The number of anilines is 1. The Kier molecular flexibility index (Phi) is 3.72. The fraction of sp³-hybridized carbons (Fsp3) is 0.417. The molecule has 1 aromatic carbocycles. The third kappa shape index (κ3) is 2.98. The van der Waals surface area contributed by atoms with Crippen LogP contribution in [0.1, 0.15) is 29.8 Å². The van der Waals surface area contributed by atoms with E-state index in [1.165, 1.54) is 7.11 Å². The number of methoxy groups -OCH3 is 1. The average Bonchev–Trinajstić information content (AvgIpc) is 2.19. The first-order valence-electron chi connectivity index (χ1n) is 5.00. The lowest BCUT2D eigenvalue weighted by molar-refractivity contribution is 0.0600. The quantitative estimate of drug-likeness (QED) is 0.774. The Hall–Kier alpha value is -1.51. The highest BCUT2D eigenvalue weighted by Crippen LogP contribution is 2.17. The highest BCUT2D eigenvalue weighted by atomic mass is 16.5. The molecule has 0 fully saturated rings. The van der Waals surface area contributed by atoms with Crippen LogP contribution < -0.4 is 5.32 Å². The Morgan fingerprint density at radius 3 is 2.53 bits per heavy atom. The van der Waals surface area contributed by atoms with E-state index >= 15 is 0 Å². The second-order valence-electron chi connectivity index (χ2n) is 3.82. The number of hydrogen-bond donors (Lipinski definition) is 1. The number of carbonyl (C=O) groups is 1. The predicted molar refractivity (Wildman–Crippen MR) is 61.3 cm³/mol. The van der Waals surface area contributed by atoms with Crippen LogP contribution in [0.15, 0.2) is 18.2 Å². The zero-order valence-electron chi connectivity index (χ0n) is 9.63. The lowest BCUT2D eigenvalue weighted by Crippen LogP contribution is -2.11. The van der Waals surface area contributed by atoms with Crippen molar-refractivity contribution < 1.29 is 9.53 Å². The second-order valence-corrected chi connectivity index (χ2v) is 3.82. The van der Waals surface area contributed by atoms with Gasteiger partial charge in [0.2, 0.25) is 0 Å². The van der Waals surface area contributed by atoms with Crippen molar-refractivity contribution in [2.75, 3.05) is 12.4 Å². The molecular weight excluding hydrogens is 190 g/mol. The number of carbonyl (C=O) groups excluding carboxylic acids is 1. The molecule has 0 saturated heterocycles. The summed E-state index contributed by atoms with van der Waals surface area (Å²) in [5, 5.41) is 3.31. The Morgan fingerprint density at radius 2 is 2.07 bits per heavy atom. The number of aryl methyl sites for hydroxylation is 1. The summed E-state index contributed by atoms with van der Waals surface area (Å²) in [6.45, 7) is 6.12. The molecule has 0 radical (unpaired) electrons. The van der Waals surface area contributed by atoms with Crippen LogP contribution in [0, 0.1) is 6.92 Å². The Bertz CT molecular complexity index is 359. The van der Waals surface area contributed by atoms with Crippen molar-refractivity contribution in [3.8, 4) is 0 Å². The van der Waals surface area contributed by atoms with E-state index in [1.807, 2.05) is 19.1 Å². The van der Waals surface area contributed by atoms with Crippen molar-refractivity contribution in [1.82, 2.24) is 0 Å². The summed E-state index contributed by atoms with van der Waals surface area (Å²) >= 11 is 0. The smallest absolute Gasteiger partial charge is 0.337 e. The van der Waals surface area contributed by atoms with Crippen LogP contribution in [0.25, 0.3) is 0 Å². The predicted octanol–water partition coefficient (Wildman–Crippen LogP) is 2.60. The fourth-order valence-electron chi connectivity index (χ4n) is 1.38. The molecule has 0 aliphatic rings. The lowest BCUT2D eigenvalue weighted by Gasteiger charge is -2.13. The number of rotatable bonds is 3. The summed E-state index contributed by atoms with van der Waals surface area (Å²) < 4.78 is 4.65. The standard InChI is InChI=1S/C12H17NO2/c1-8(2)13-11-6-5-10(7-9(11)3)12(14)15-4/h5-8,13H,1-4H3. The van der Waals surface area contributed by atoms with Gasteiger partial charge in [-0.1, -0.05) is 0 Å². The Labute approximate surface area is 90.4 Å². The molecule has 1 N–H and O–H groups in total. The first-order valence-corrected chi connectivity index (χ1v) is 5.00. The van der Waals surface area contributed by atoms with E-state index in [-0.39, 0.29) is 5.97 Å². The minimum atomic E-state index is -0.297. The fourth-order valence-corrected chi connectivity index (χ4v) is 1.38. The molecule has 3 nitrogen and oxygen atoms in total. The third-order valence-electron chi connectivity index (χ3n) is 2.09. The molecular formula is C12H17NO2. The summed E-state index contributed by atoms with van der Waals surface area (Å²) in [5.74, 6) is -0.297. The van der Waals surface area contributed by atoms with Crippen LogP contribution in [0.3, 0.4) is 0 Å². The van der Waals surface area contributed by atoms with Gasteiger partial charge in [-0.15, -0.1) is 0 Å². The topological polar surface area (TPSA) is 38.3 Å². The van der Waals surface area contributed by atoms with Crippen LogP contribution in [-0.2, 0) is 4.74 Å². The van der Waals surface area contributed by atoms with Crippen LogP contribution >= 0.6 is 0 Å². The minimum absolute atomic E-state index is 0.297. The first-order chi connectivity index (χ1) is 7.04. The first kappa shape index (κ1) is 11.6. The molecule has 0 bridgehead atoms. The van der Waals surface area contributed by atoms with E-state index in [4.69, 9.17) is 0 Å². The van der Waals surface area contributed by atoms with E-state index in [1.54, 1.807) is 6.07 Å². The van der Waals surface area contributed by atoms with Gasteiger partial charge in [-0.25, -0.2) is 4.79 Å². The average molecular weight is 207 g/mol. The molecule has 0 atom stereocenters. The van der Waals surface area contributed by atoms with Crippen LogP contribution in [0.5, 0.6) is 0 Å². The molecule has 0 aliphatic carbocycles. The number of benzene rings is 1. The van der Waals surface area contributed by atoms with Gasteiger partial charge in [0.15, 0.2) is 0 Å². The van der Waals surface area contributed by atoms with Gasteiger partial charge in [0.1, 0.15) is 0 Å². The highest BCUT2D eigenvalue weighted by Gasteiger charge is 2.07. The second kappa shape index (κ2) is 4.82. The molecule has 0 amide bonds. The maximum absolute atomic E-state index is 11.3. The summed E-state index contributed by atoms with van der Waals surface area (Å²) in [6.07, 6.45) is 0. The maximum atomic E-state index is 11.3. The van der Waals surface area contributed by atoms with Crippen molar-refractivity contribution in [2.24, 2.45) is 0 Å². The van der Waals surface area contributed by atoms with E-state index in [2.05, 4.69) is 23.9 Å². The van der Waals surface area contributed by atoms with Crippen molar-refractivity contribution in [1.29, 1.82) is 0 Å². The molecule has 1 rings (SSSR count). The van der Waals surface area contributed by atoms with Gasteiger partial charge in [0.25, 0.3) is 0 Å². The molecule has 0 unspecified atom stereocenters. The van der Waals surface area contributed by atoms with E-state index in [0.717, 1.165) is 11.3 Å². The van der Waals surface area contributed by atoms with Gasteiger partial charge in [-0.05, 0) is 44.5 Å². The van der Waals surface area contributed by atoms with Gasteiger partial charge < -0.3 is 10.1 Å². The van der Waals surface area contributed by atoms with E-state index in [0.29, 0.717) is 11.6 Å². The largest absolute Gasteiger partial charge is 0.465 e. The summed E-state index contributed by atoms with van der Waals surface area (Å²) in [7, 11) is 1.39.